The van der Waals surface area contributed by atoms with Crippen LogP contribution in [0.25, 0.3) is 0 Å². The Morgan fingerprint density at radius 3 is 1.08 bits per heavy atom. The monoisotopic (exact) mass is 183 g/mol. The van der Waals surface area contributed by atoms with Crippen LogP contribution in [0.2, 0.25) is 0 Å². The molecule has 0 N–H and O–H groups in total. The third-order valence-electron chi connectivity index (χ3n) is 3.08. The Labute approximate surface area is 83.5 Å². The van der Waals surface area contributed by atoms with Crippen LogP contribution in [0.1, 0.15) is 57.8 Å². The molecule has 2 rings (SSSR count). The Kier molecular flexibility index (Phi) is 6.26. The van der Waals surface area contributed by atoms with E-state index in [1.807, 2.05) is 0 Å². The average molecular weight is 183 g/mol. The van der Waals surface area contributed by atoms with Crippen LogP contribution in [0.15, 0.2) is 0 Å². The van der Waals surface area contributed by atoms with Crippen molar-refractivity contribution >= 4 is 0 Å². The predicted molar refractivity (Wildman–Crippen MR) is 59.1 cm³/mol. The van der Waals surface area contributed by atoms with Gasteiger partial charge in [0.2, 0.25) is 0 Å². The highest BCUT2D eigenvalue weighted by molar-refractivity contribution is 4.58. The number of hydrogen-bond donors (Lipinski definition) is 0. The van der Waals surface area contributed by atoms with Gasteiger partial charge in [-0.15, -0.1) is 0 Å². The molecule has 1 heterocycles. The van der Waals surface area contributed by atoms with Crippen molar-refractivity contribution in [2.24, 2.45) is 0 Å². The molecule has 78 valence electrons. The van der Waals surface area contributed by atoms with Crippen LogP contribution in [-0.4, -0.2) is 25.0 Å². The van der Waals surface area contributed by atoms with Crippen LogP contribution >= 0.6 is 0 Å². The molecule has 1 saturated carbocycles. The molecule has 0 bridgehead atoms. The second-order valence-electron chi connectivity index (χ2n) is 4.49. The first-order valence-corrected chi connectivity index (χ1v) is 6.08. The minimum absolute atomic E-state index is 1.32. The maximum atomic E-state index is 2.39. The van der Waals surface area contributed by atoms with Crippen molar-refractivity contribution in [3.05, 3.63) is 0 Å². The molecule has 0 aromatic rings. The van der Waals surface area contributed by atoms with Crippen molar-refractivity contribution in [2.45, 2.75) is 57.8 Å². The number of piperidine rings is 1. The van der Waals surface area contributed by atoms with E-state index in [9.17, 15) is 0 Å². The number of hydrogen-bond acceptors (Lipinski definition) is 1. The Hall–Kier alpha value is -0.0400. The molecule has 2 fully saturated rings. The lowest BCUT2D eigenvalue weighted by atomic mass is 10.0. The summed E-state index contributed by atoms with van der Waals surface area (Å²) in [7, 11) is 2.19. The summed E-state index contributed by atoms with van der Waals surface area (Å²) in [4.78, 5) is 2.39. The number of rotatable bonds is 0. The second-order valence-corrected chi connectivity index (χ2v) is 4.49. The Morgan fingerprint density at radius 2 is 0.846 bits per heavy atom. The van der Waals surface area contributed by atoms with Crippen LogP contribution in [0.5, 0.6) is 0 Å². The third kappa shape index (κ3) is 6.09. The fourth-order valence-corrected chi connectivity index (χ4v) is 2.11. The van der Waals surface area contributed by atoms with Crippen LogP contribution < -0.4 is 0 Å². The molecule has 1 saturated heterocycles. The van der Waals surface area contributed by atoms with Gasteiger partial charge in [0.05, 0.1) is 0 Å². The lowest BCUT2D eigenvalue weighted by molar-refractivity contribution is 0.277. The molecule has 2 aliphatic rings. The molecular formula is C12H25N. The predicted octanol–water partition coefficient (Wildman–Crippen LogP) is 3.44. The summed E-state index contributed by atoms with van der Waals surface area (Å²) < 4.78 is 0. The molecule has 0 atom stereocenters. The van der Waals surface area contributed by atoms with Crippen molar-refractivity contribution in [1.29, 1.82) is 0 Å². The zero-order chi connectivity index (χ0) is 9.36. The van der Waals surface area contributed by atoms with Crippen molar-refractivity contribution in [3.8, 4) is 0 Å². The van der Waals surface area contributed by atoms with Crippen LogP contribution in [-0.2, 0) is 0 Å². The standard InChI is InChI=1S/C6H13N.C6H12/c1-7-5-3-2-4-6-7;1-2-4-6-5-3-1/h2-6H2,1H3;1-6H2. The minimum Gasteiger partial charge on any atom is -0.306 e. The molecule has 0 radical (unpaired) electrons. The SMILES string of the molecule is C1CCCCC1.CN1CCCCC1. The Balaban J connectivity index is 0.000000132. The van der Waals surface area contributed by atoms with Crippen molar-refractivity contribution in [1.82, 2.24) is 4.90 Å². The summed E-state index contributed by atoms with van der Waals surface area (Å²) in [6.45, 7) is 2.64. The van der Waals surface area contributed by atoms with E-state index in [2.05, 4.69) is 11.9 Å². The molecule has 0 spiro atoms. The van der Waals surface area contributed by atoms with E-state index >= 15 is 0 Å². The fraction of sp³-hybridized carbons (Fsp3) is 1.00. The minimum atomic E-state index is 1.32. The first kappa shape index (κ1) is 11.0. The molecule has 1 aliphatic carbocycles. The third-order valence-corrected chi connectivity index (χ3v) is 3.08. The normalized spacial score (nSPS) is 24.7. The van der Waals surface area contributed by atoms with Crippen LogP contribution in [0.4, 0.5) is 0 Å². The van der Waals surface area contributed by atoms with Gasteiger partial charge in [-0.25, -0.2) is 0 Å². The van der Waals surface area contributed by atoms with Crippen molar-refractivity contribution in [2.75, 3.05) is 20.1 Å². The second kappa shape index (κ2) is 7.37. The zero-order valence-corrected chi connectivity index (χ0v) is 9.23. The van der Waals surface area contributed by atoms with Gasteiger partial charge < -0.3 is 4.90 Å². The summed E-state index contributed by atoms with van der Waals surface area (Å²) >= 11 is 0. The van der Waals surface area contributed by atoms with Crippen LogP contribution in [0, 0.1) is 0 Å². The number of nitrogens with zero attached hydrogens (tertiary/aromatic N) is 1. The first-order chi connectivity index (χ1) is 6.39. The summed E-state index contributed by atoms with van der Waals surface area (Å²) in [6.07, 6.45) is 13.3. The van der Waals surface area contributed by atoms with Gasteiger partial charge in [0, 0.05) is 0 Å². The fourth-order valence-electron chi connectivity index (χ4n) is 2.11. The smallest absolute Gasteiger partial charge is 0.00218 e. The summed E-state index contributed by atoms with van der Waals surface area (Å²) in [5.41, 5.74) is 0. The van der Waals surface area contributed by atoms with Gasteiger partial charge >= 0.3 is 0 Å². The van der Waals surface area contributed by atoms with Gasteiger partial charge in [-0.3, -0.25) is 0 Å². The van der Waals surface area contributed by atoms with Crippen LogP contribution in [0.3, 0.4) is 0 Å². The van der Waals surface area contributed by atoms with Gasteiger partial charge in [0.15, 0.2) is 0 Å². The molecule has 1 aliphatic heterocycles. The lowest BCUT2D eigenvalue weighted by Crippen LogP contribution is -2.24. The molecule has 0 unspecified atom stereocenters. The van der Waals surface area contributed by atoms with E-state index in [0.29, 0.717) is 0 Å². The van der Waals surface area contributed by atoms with E-state index in [0.717, 1.165) is 0 Å². The summed E-state index contributed by atoms with van der Waals surface area (Å²) in [5.74, 6) is 0. The molecule has 0 aromatic heterocycles. The summed E-state index contributed by atoms with van der Waals surface area (Å²) in [5, 5.41) is 0. The topological polar surface area (TPSA) is 3.24 Å². The highest BCUT2D eigenvalue weighted by Gasteiger charge is 2.02. The number of likely N-dealkylation sites (tertiary alicyclic amines) is 1. The lowest BCUT2D eigenvalue weighted by Gasteiger charge is -2.20. The highest BCUT2D eigenvalue weighted by atomic mass is 15.1. The Bertz CT molecular complexity index is 90.2. The molecule has 13 heavy (non-hydrogen) atoms. The molecule has 1 nitrogen and oxygen atoms in total. The maximum Gasteiger partial charge on any atom is -0.00218 e. The first-order valence-electron chi connectivity index (χ1n) is 6.08. The molecule has 0 amide bonds. The van der Waals surface area contributed by atoms with Crippen molar-refractivity contribution < 1.29 is 0 Å². The zero-order valence-electron chi connectivity index (χ0n) is 9.23. The van der Waals surface area contributed by atoms with E-state index in [1.165, 1.54) is 70.9 Å². The van der Waals surface area contributed by atoms with E-state index in [1.54, 1.807) is 0 Å². The van der Waals surface area contributed by atoms with Gasteiger partial charge in [-0.1, -0.05) is 44.9 Å². The van der Waals surface area contributed by atoms with Gasteiger partial charge in [-0.05, 0) is 33.0 Å². The van der Waals surface area contributed by atoms with Gasteiger partial charge in [0.25, 0.3) is 0 Å². The highest BCUT2D eigenvalue weighted by Crippen LogP contribution is 2.15. The van der Waals surface area contributed by atoms with Gasteiger partial charge in [0.1, 0.15) is 0 Å². The average Bonchev–Trinajstić information content (AvgIpc) is 2.22. The summed E-state index contributed by atoms with van der Waals surface area (Å²) in [6, 6.07) is 0. The molecule has 1 heteroatoms. The molecule has 0 aromatic carbocycles. The molecular weight excluding hydrogens is 158 g/mol. The van der Waals surface area contributed by atoms with E-state index in [4.69, 9.17) is 0 Å². The van der Waals surface area contributed by atoms with E-state index < -0.39 is 0 Å². The quantitative estimate of drug-likeness (QED) is 0.556. The van der Waals surface area contributed by atoms with E-state index in [-0.39, 0.29) is 0 Å². The van der Waals surface area contributed by atoms with Gasteiger partial charge in [-0.2, -0.15) is 0 Å². The maximum absolute atomic E-state index is 2.39. The Morgan fingerprint density at radius 1 is 0.538 bits per heavy atom. The largest absolute Gasteiger partial charge is 0.306 e. The van der Waals surface area contributed by atoms with Crippen molar-refractivity contribution in [3.63, 3.8) is 0 Å².